The Morgan fingerprint density at radius 2 is 2.18 bits per heavy atom. The SMILES string of the molecule is CCNCC1CC(C)OC1C. The average molecular weight is 157 g/mol. The number of hydrogen-bond acceptors (Lipinski definition) is 2. The Balaban J connectivity index is 2.23. The molecule has 1 aliphatic heterocycles. The maximum Gasteiger partial charge on any atom is 0.0591 e. The zero-order chi connectivity index (χ0) is 8.27. The van der Waals surface area contributed by atoms with Crippen LogP contribution in [0.4, 0.5) is 0 Å². The van der Waals surface area contributed by atoms with E-state index in [2.05, 4.69) is 26.1 Å². The lowest BCUT2D eigenvalue weighted by Crippen LogP contribution is -2.26. The molecule has 1 rings (SSSR count). The zero-order valence-corrected chi connectivity index (χ0v) is 7.76. The van der Waals surface area contributed by atoms with Crippen LogP contribution in [0.1, 0.15) is 27.2 Å². The summed E-state index contributed by atoms with van der Waals surface area (Å²) in [4.78, 5) is 0. The van der Waals surface area contributed by atoms with Gasteiger partial charge in [0.2, 0.25) is 0 Å². The summed E-state index contributed by atoms with van der Waals surface area (Å²) in [7, 11) is 0. The second-order valence-corrected chi connectivity index (χ2v) is 3.46. The van der Waals surface area contributed by atoms with Gasteiger partial charge in [0, 0.05) is 6.54 Å². The summed E-state index contributed by atoms with van der Waals surface area (Å²) >= 11 is 0. The fourth-order valence-electron chi connectivity index (χ4n) is 1.73. The van der Waals surface area contributed by atoms with Crippen molar-refractivity contribution in [1.82, 2.24) is 5.32 Å². The molecule has 0 spiro atoms. The molecule has 1 aliphatic rings. The van der Waals surface area contributed by atoms with Crippen LogP contribution >= 0.6 is 0 Å². The average Bonchev–Trinajstić information content (AvgIpc) is 2.26. The van der Waals surface area contributed by atoms with Crippen molar-refractivity contribution < 1.29 is 4.74 Å². The van der Waals surface area contributed by atoms with Gasteiger partial charge in [-0.1, -0.05) is 6.92 Å². The molecule has 0 saturated carbocycles. The third-order valence-corrected chi connectivity index (χ3v) is 2.40. The van der Waals surface area contributed by atoms with Crippen molar-refractivity contribution in [2.45, 2.75) is 39.4 Å². The summed E-state index contributed by atoms with van der Waals surface area (Å²) in [5.74, 6) is 0.727. The van der Waals surface area contributed by atoms with Gasteiger partial charge >= 0.3 is 0 Å². The van der Waals surface area contributed by atoms with E-state index in [-0.39, 0.29) is 0 Å². The van der Waals surface area contributed by atoms with Crippen LogP contribution < -0.4 is 5.32 Å². The Labute approximate surface area is 69.3 Å². The highest BCUT2D eigenvalue weighted by Gasteiger charge is 2.28. The first-order chi connectivity index (χ1) is 5.24. The highest BCUT2D eigenvalue weighted by molar-refractivity contribution is 4.78. The first-order valence-electron chi connectivity index (χ1n) is 4.60. The minimum absolute atomic E-state index is 0.448. The lowest BCUT2D eigenvalue weighted by Gasteiger charge is -2.13. The van der Waals surface area contributed by atoms with E-state index in [1.54, 1.807) is 0 Å². The Morgan fingerprint density at radius 3 is 2.64 bits per heavy atom. The molecule has 0 aliphatic carbocycles. The third kappa shape index (κ3) is 2.46. The third-order valence-electron chi connectivity index (χ3n) is 2.40. The molecular weight excluding hydrogens is 138 g/mol. The number of nitrogens with one attached hydrogen (secondary N) is 1. The predicted octanol–water partition coefficient (Wildman–Crippen LogP) is 1.41. The fourth-order valence-corrected chi connectivity index (χ4v) is 1.73. The Bertz CT molecular complexity index is 116. The van der Waals surface area contributed by atoms with Crippen LogP contribution in [0.25, 0.3) is 0 Å². The molecule has 11 heavy (non-hydrogen) atoms. The quantitative estimate of drug-likeness (QED) is 0.669. The van der Waals surface area contributed by atoms with Gasteiger partial charge in [-0.2, -0.15) is 0 Å². The zero-order valence-electron chi connectivity index (χ0n) is 7.76. The van der Waals surface area contributed by atoms with Crippen LogP contribution in [-0.4, -0.2) is 25.3 Å². The molecule has 0 aromatic rings. The van der Waals surface area contributed by atoms with Gasteiger partial charge in [0.25, 0.3) is 0 Å². The highest BCUT2D eigenvalue weighted by Crippen LogP contribution is 2.24. The van der Waals surface area contributed by atoms with Gasteiger partial charge in [0.15, 0.2) is 0 Å². The Kier molecular flexibility index (Phi) is 3.34. The molecule has 0 bridgehead atoms. The summed E-state index contributed by atoms with van der Waals surface area (Å²) in [6.07, 6.45) is 2.13. The van der Waals surface area contributed by atoms with Crippen LogP contribution in [0, 0.1) is 5.92 Å². The van der Waals surface area contributed by atoms with Crippen LogP contribution in [0.15, 0.2) is 0 Å². The molecule has 1 N–H and O–H groups in total. The van der Waals surface area contributed by atoms with E-state index in [1.165, 1.54) is 6.42 Å². The minimum atomic E-state index is 0.448. The van der Waals surface area contributed by atoms with Crippen molar-refractivity contribution in [3.8, 4) is 0 Å². The molecule has 1 fully saturated rings. The van der Waals surface area contributed by atoms with Gasteiger partial charge in [-0.3, -0.25) is 0 Å². The summed E-state index contributed by atoms with van der Waals surface area (Å²) in [5, 5.41) is 3.36. The van der Waals surface area contributed by atoms with Crippen LogP contribution in [-0.2, 0) is 4.74 Å². The normalized spacial score (nSPS) is 37.9. The topological polar surface area (TPSA) is 21.3 Å². The van der Waals surface area contributed by atoms with E-state index in [9.17, 15) is 0 Å². The molecule has 3 unspecified atom stereocenters. The molecule has 0 aromatic carbocycles. The van der Waals surface area contributed by atoms with Crippen LogP contribution in [0.2, 0.25) is 0 Å². The summed E-state index contributed by atoms with van der Waals surface area (Å²) < 4.78 is 5.63. The predicted molar refractivity (Wildman–Crippen MR) is 46.7 cm³/mol. The van der Waals surface area contributed by atoms with E-state index in [1.807, 2.05) is 0 Å². The monoisotopic (exact) mass is 157 g/mol. The number of rotatable bonds is 3. The smallest absolute Gasteiger partial charge is 0.0591 e. The largest absolute Gasteiger partial charge is 0.375 e. The van der Waals surface area contributed by atoms with Crippen LogP contribution in [0.5, 0.6) is 0 Å². The number of hydrogen-bond donors (Lipinski definition) is 1. The molecule has 66 valence electrons. The van der Waals surface area contributed by atoms with Crippen LogP contribution in [0.3, 0.4) is 0 Å². The van der Waals surface area contributed by atoms with Gasteiger partial charge < -0.3 is 10.1 Å². The van der Waals surface area contributed by atoms with Crippen molar-refractivity contribution >= 4 is 0 Å². The molecule has 0 aromatic heterocycles. The van der Waals surface area contributed by atoms with E-state index in [0.29, 0.717) is 12.2 Å². The second-order valence-electron chi connectivity index (χ2n) is 3.46. The van der Waals surface area contributed by atoms with Crippen molar-refractivity contribution in [2.24, 2.45) is 5.92 Å². The van der Waals surface area contributed by atoms with Crippen molar-refractivity contribution in [3.05, 3.63) is 0 Å². The van der Waals surface area contributed by atoms with Gasteiger partial charge in [-0.15, -0.1) is 0 Å². The highest BCUT2D eigenvalue weighted by atomic mass is 16.5. The molecule has 2 heteroatoms. The maximum atomic E-state index is 5.63. The molecule has 2 nitrogen and oxygen atoms in total. The van der Waals surface area contributed by atoms with Gasteiger partial charge in [0.1, 0.15) is 0 Å². The summed E-state index contributed by atoms with van der Waals surface area (Å²) in [6.45, 7) is 8.65. The van der Waals surface area contributed by atoms with E-state index >= 15 is 0 Å². The Hall–Kier alpha value is -0.0800. The van der Waals surface area contributed by atoms with Crippen molar-refractivity contribution in [1.29, 1.82) is 0 Å². The molecule has 0 amide bonds. The standard InChI is InChI=1S/C9H19NO/c1-4-10-6-9-5-7(2)11-8(9)3/h7-10H,4-6H2,1-3H3. The van der Waals surface area contributed by atoms with Gasteiger partial charge in [-0.05, 0) is 32.7 Å². The van der Waals surface area contributed by atoms with Gasteiger partial charge in [0.05, 0.1) is 12.2 Å². The molecular formula is C9H19NO. The van der Waals surface area contributed by atoms with E-state index in [4.69, 9.17) is 4.74 Å². The maximum absolute atomic E-state index is 5.63. The minimum Gasteiger partial charge on any atom is -0.375 e. The fraction of sp³-hybridized carbons (Fsp3) is 1.00. The van der Waals surface area contributed by atoms with Gasteiger partial charge in [-0.25, -0.2) is 0 Å². The first-order valence-corrected chi connectivity index (χ1v) is 4.60. The number of ether oxygens (including phenoxy) is 1. The lowest BCUT2D eigenvalue weighted by molar-refractivity contribution is 0.0561. The summed E-state index contributed by atoms with van der Waals surface area (Å²) in [6, 6.07) is 0. The van der Waals surface area contributed by atoms with E-state index in [0.717, 1.165) is 19.0 Å². The first kappa shape index (κ1) is 9.01. The van der Waals surface area contributed by atoms with Crippen molar-refractivity contribution in [3.63, 3.8) is 0 Å². The molecule has 0 radical (unpaired) electrons. The Morgan fingerprint density at radius 1 is 1.45 bits per heavy atom. The van der Waals surface area contributed by atoms with E-state index < -0.39 is 0 Å². The summed E-state index contributed by atoms with van der Waals surface area (Å²) in [5.41, 5.74) is 0. The molecule has 1 saturated heterocycles. The molecule has 3 atom stereocenters. The molecule has 1 heterocycles. The lowest BCUT2D eigenvalue weighted by atomic mass is 10.0. The van der Waals surface area contributed by atoms with Crippen molar-refractivity contribution in [2.75, 3.05) is 13.1 Å². The second kappa shape index (κ2) is 4.07.